The van der Waals surface area contributed by atoms with E-state index in [-0.39, 0.29) is 6.61 Å². The maximum Gasteiger partial charge on any atom is 0.184 e. The molecule has 0 atom stereocenters. The Bertz CT molecular complexity index is 2100. The van der Waals surface area contributed by atoms with Crippen molar-refractivity contribution in [2.45, 2.75) is 44.9 Å². The Labute approximate surface area is 291 Å². The summed E-state index contributed by atoms with van der Waals surface area (Å²) in [7, 11) is 0. The first-order valence-corrected chi connectivity index (χ1v) is 17.0. The van der Waals surface area contributed by atoms with Crippen LogP contribution >= 0.6 is 11.6 Å². The molecule has 244 valence electrons. The van der Waals surface area contributed by atoms with Crippen LogP contribution in [0.25, 0.3) is 22.5 Å². The van der Waals surface area contributed by atoms with Gasteiger partial charge in [0.1, 0.15) is 18.0 Å². The Morgan fingerprint density at radius 3 is 2.02 bits per heavy atom. The minimum Gasteiger partial charge on any atom is -0.388 e. The summed E-state index contributed by atoms with van der Waals surface area (Å²) in [6.45, 7) is 2.74. The van der Waals surface area contributed by atoms with Crippen LogP contribution in [0.2, 0.25) is 5.02 Å². The molecule has 7 nitrogen and oxygen atoms in total. The van der Waals surface area contributed by atoms with E-state index in [2.05, 4.69) is 88.4 Å². The van der Waals surface area contributed by atoms with Gasteiger partial charge in [0.2, 0.25) is 0 Å². The third-order valence-corrected chi connectivity index (χ3v) is 9.49. The number of aromatic nitrogens is 6. The number of aliphatic hydroxyl groups excluding tert-OH is 1. The van der Waals surface area contributed by atoms with Gasteiger partial charge in [0, 0.05) is 34.6 Å². The Morgan fingerprint density at radius 1 is 0.735 bits per heavy atom. The van der Waals surface area contributed by atoms with Gasteiger partial charge in [-0.2, -0.15) is 0 Å². The summed E-state index contributed by atoms with van der Waals surface area (Å²) in [6, 6.07) is 45.2. The molecule has 0 bridgehead atoms. The summed E-state index contributed by atoms with van der Waals surface area (Å²) < 4.78 is 4.05. The zero-order chi connectivity index (χ0) is 33.6. The second-order valence-corrected chi connectivity index (χ2v) is 12.5. The van der Waals surface area contributed by atoms with E-state index in [4.69, 9.17) is 21.9 Å². The number of unbranched alkanes of at least 4 members (excludes halogenated alkanes) is 1. The zero-order valence-corrected chi connectivity index (χ0v) is 28.1. The lowest BCUT2D eigenvalue weighted by atomic mass is 9.76. The molecule has 8 heteroatoms. The van der Waals surface area contributed by atoms with Crippen molar-refractivity contribution < 1.29 is 5.11 Å². The lowest BCUT2D eigenvalue weighted by Crippen LogP contribution is -2.39. The minimum atomic E-state index is -0.985. The summed E-state index contributed by atoms with van der Waals surface area (Å²) in [5, 5.41) is 24.3. The third-order valence-electron chi connectivity index (χ3n) is 9.16. The smallest absolute Gasteiger partial charge is 0.184 e. The molecule has 0 radical (unpaired) electrons. The Balaban J connectivity index is 1.35. The van der Waals surface area contributed by atoms with Crippen molar-refractivity contribution in [3.8, 4) is 22.5 Å². The highest BCUT2D eigenvalue weighted by Crippen LogP contribution is 2.45. The van der Waals surface area contributed by atoms with E-state index < -0.39 is 5.54 Å². The summed E-state index contributed by atoms with van der Waals surface area (Å²) in [5.41, 5.74) is 7.04. The number of halogens is 1. The molecule has 2 aromatic heterocycles. The number of nitrogens with zero attached hydrogens (tertiary/aromatic N) is 6. The summed E-state index contributed by atoms with van der Waals surface area (Å²) >= 11 is 7.07. The SMILES string of the molecule is CCCCc1cnc(CO)n1Cc1ccc(-c2ccccc2-c2nnnn2C(c2ccccc2)(c2ccccc2)c2ccccc2Cl)cc1. The molecule has 49 heavy (non-hydrogen) atoms. The summed E-state index contributed by atoms with van der Waals surface area (Å²) in [5.74, 6) is 1.30. The number of imidazole rings is 1. The highest BCUT2D eigenvalue weighted by molar-refractivity contribution is 6.31. The number of hydrogen-bond donors (Lipinski definition) is 1. The maximum absolute atomic E-state index is 9.95. The molecule has 5 aromatic carbocycles. The van der Waals surface area contributed by atoms with Crippen molar-refractivity contribution in [2.75, 3.05) is 0 Å². The van der Waals surface area contributed by atoms with E-state index in [1.54, 1.807) is 0 Å². The van der Waals surface area contributed by atoms with Gasteiger partial charge < -0.3 is 9.67 Å². The predicted octanol–water partition coefficient (Wildman–Crippen LogP) is 8.58. The van der Waals surface area contributed by atoms with Crippen LogP contribution in [0.1, 0.15) is 53.5 Å². The fourth-order valence-corrected chi connectivity index (χ4v) is 7.04. The Hall–Kier alpha value is -5.37. The van der Waals surface area contributed by atoms with Gasteiger partial charge in [0.25, 0.3) is 0 Å². The van der Waals surface area contributed by atoms with Gasteiger partial charge in [-0.15, -0.1) is 5.10 Å². The lowest BCUT2D eigenvalue weighted by Gasteiger charge is -2.37. The highest BCUT2D eigenvalue weighted by Gasteiger charge is 2.43. The first-order chi connectivity index (χ1) is 24.1. The molecule has 7 aromatic rings. The van der Waals surface area contributed by atoms with Crippen LogP contribution in [-0.2, 0) is 25.1 Å². The third kappa shape index (κ3) is 6.07. The quantitative estimate of drug-likeness (QED) is 0.132. The van der Waals surface area contributed by atoms with Crippen molar-refractivity contribution in [3.05, 3.63) is 178 Å². The first kappa shape index (κ1) is 32.2. The van der Waals surface area contributed by atoms with Gasteiger partial charge in [-0.25, -0.2) is 9.67 Å². The molecule has 7 rings (SSSR count). The molecule has 0 fully saturated rings. The normalized spacial score (nSPS) is 11.6. The number of rotatable bonds is 12. The maximum atomic E-state index is 9.95. The minimum absolute atomic E-state index is 0.0893. The van der Waals surface area contributed by atoms with Crippen molar-refractivity contribution in [1.29, 1.82) is 0 Å². The molecular weight excluding hydrogens is 628 g/mol. The largest absolute Gasteiger partial charge is 0.388 e. The lowest BCUT2D eigenvalue weighted by molar-refractivity contribution is 0.265. The molecule has 0 unspecified atom stereocenters. The molecule has 0 aliphatic carbocycles. The van der Waals surface area contributed by atoms with E-state index in [0.29, 0.717) is 23.2 Å². The van der Waals surface area contributed by atoms with E-state index >= 15 is 0 Å². The summed E-state index contributed by atoms with van der Waals surface area (Å²) in [6.07, 6.45) is 5.01. The van der Waals surface area contributed by atoms with Crippen LogP contribution in [0.5, 0.6) is 0 Å². The van der Waals surface area contributed by atoms with Gasteiger partial charge in [0.05, 0.1) is 0 Å². The standard InChI is InChI=1S/C41H37ClN6O/c1-2-3-18-34-27-43-39(29-49)47(34)28-30-23-25-31(26-24-30)35-19-10-11-20-36(35)40-44-45-46-48(40)41(32-14-6-4-7-15-32,33-16-8-5-9-17-33)37-21-12-13-22-38(37)42/h4-17,19-27,49H,2-3,18,28-29H2,1H3. The average molecular weight is 665 g/mol. The van der Waals surface area contributed by atoms with Crippen LogP contribution in [-0.4, -0.2) is 34.9 Å². The van der Waals surface area contributed by atoms with Gasteiger partial charge in [0.15, 0.2) is 5.82 Å². The van der Waals surface area contributed by atoms with Crippen molar-refractivity contribution in [2.24, 2.45) is 0 Å². The van der Waals surface area contributed by atoms with Gasteiger partial charge >= 0.3 is 0 Å². The number of tetrazole rings is 1. The molecule has 2 heterocycles. The van der Waals surface area contributed by atoms with E-state index in [0.717, 1.165) is 63.9 Å². The number of aryl methyl sites for hydroxylation is 1. The van der Waals surface area contributed by atoms with Gasteiger partial charge in [-0.3, -0.25) is 0 Å². The van der Waals surface area contributed by atoms with Crippen molar-refractivity contribution in [3.63, 3.8) is 0 Å². The molecule has 0 saturated carbocycles. The molecule has 0 aliphatic heterocycles. The second kappa shape index (κ2) is 14.4. The molecule has 0 amide bonds. The van der Waals surface area contributed by atoms with Gasteiger partial charge in [-0.1, -0.05) is 152 Å². The fourth-order valence-electron chi connectivity index (χ4n) is 6.76. The highest BCUT2D eigenvalue weighted by atomic mass is 35.5. The number of hydrogen-bond acceptors (Lipinski definition) is 5. The predicted molar refractivity (Wildman–Crippen MR) is 194 cm³/mol. The topological polar surface area (TPSA) is 81.7 Å². The average Bonchev–Trinajstić information content (AvgIpc) is 3.80. The van der Waals surface area contributed by atoms with E-state index in [9.17, 15) is 5.11 Å². The van der Waals surface area contributed by atoms with Crippen molar-refractivity contribution in [1.82, 2.24) is 29.8 Å². The Morgan fingerprint density at radius 2 is 1.37 bits per heavy atom. The fraction of sp³-hybridized carbons (Fsp3) is 0.171. The van der Waals surface area contributed by atoms with Crippen LogP contribution in [0, 0.1) is 0 Å². The molecule has 0 spiro atoms. The second-order valence-electron chi connectivity index (χ2n) is 12.1. The summed E-state index contributed by atoms with van der Waals surface area (Å²) in [4.78, 5) is 4.47. The van der Waals surface area contributed by atoms with Crippen molar-refractivity contribution >= 4 is 11.6 Å². The molecule has 0 saturated heterocycles. The van der Waals surface area contributed by atoms with Crippen LogP contribution in [0.15, 0.2) is 140 Å². The number of benzene rings is 5. The molecule has 1 N–H and O–H groups in total. The van der Waals surface area contributed by atoms with Crippen LogP contribution < -0.4 is 0 Å². The van der Waals surface area contributed by atoms with Crippen LogP contribution in [0.3, 0.4) is 0 Å². The Kier molecular flexibility index (Phi) is 9.46. The first-order valence-electron chi connectivity index (χ1n) is 16.6. The molecule has 0 aliphatic rings. The monoisotopic (exact) mass is 664 g/mol. The van der Waals surface area contributed by atoms with Crippen LogP contribution in [0.4, 0.5) is 0 Å². The van der Waals surface area contributed by atoms with Gasteiger partial charge in [-0.05, 0) is 57.2 Å². The molecular formula is C41H37ClN6O. The van der Waals surface area contributed by atoms with E-state index in [1.165, 1.54) is 0 Å². The zero-order valence-electron chi connectivity index (χ0n) is 27.3. The number of aliphatic hydroxyl groups is 1. The van der Waals surface area contributed by atoms with E-state index in [1.807, 2.05) is 77.6 Å².